The minimum absolute atomic E-state index is 0.0965. The first-order chi connectivity index (χ1) is 11.7. The van der Waals surface area contributed by atoms with Crippen LogP contribution in [0.15, 0.2) is 47.4 Å². The van der Waals surface area contributed by atoms with E-state index in [4.69, 9.17) is 9.47 Å². The van der Waals surface area contributed by atoms with Gasteiger partial charge in [0.05, 0.1) is 10.9 Å². The molecule has 24 heavy (non-hydrogen) atoms. The maximum Gasteiger partial charge on any atom is 0.238 e. The van der Waals surface area contributed by atoms with Crippen molar-refractivity contribution in [3.63, 3.8) is 0 Å². The molecule has 122 valence electrons. The molecule has 2 aliphatic rings. The summed E-state index contributed by atoms with van der Waals surface area (Å²) in [6.07, 6.45) is 0.0965. The van der Waals surface area contributed by atoms with Crippen LogP contribution in [-0.4, -0.2) is 23.9 Å². The Hall–Kier alpha value is -2.67. The fourth-order valence-electron chi connectivity index (χ4n) is 2.58. The lowest BCUT2D eigenvalue weighted by atomic mass is 10.2. The number of para-hydroxylation sites is 1. The first-order valence-electron chi connectivity index (χ1n) is 7.45. The number of rotatable bonds is 3. The second-order valence-electron chi connectivity index (χ2n) is 5.41. The van der Waals surface area contributed by atoms with Crippen LogP contribution < -0.4 is 20.1 Å². The molecule has 0 aromatic heterocycles. The first kappa shape index (κ1) is 14.9. The van der Waals surface area contributed by atoms with Crippen molar-refractivity contribution in [1.82, 2.24) is 0 Å². The van der Waals surface area contributed by atoms with Crippen LogP contribution >= 0.6 is 11.8 Å². The van der Waals surface area contributed by atoms with Gasteiger partial charge in [-0.1, -0.05) is 12.1 Å². The van der Waals surface area contributed by atoms with Gasteiger partial charge < -0.3 is 20.1 Å². The van der Waals surface area contributed by atoms with Gasteiger partial charge >= 0.3 is 0 Å². The third-order valence-corrected chi connectivity index (χ3v) is 5.01. The number of nitrogens with one attached hydrogen (secondary N) is 2. The third-order valence-electron chi connectivity index (χ3n) is 3.73. The van der Waals surface area contributed by atoms with Crippen LogP contribution in [0.2, 0.25) is 0 Å². The highest BCUT2D eigenvalue weighted by Crippen LogP contribution is 2.37. The molecule has 1 unspecified atom stereocenters. The second-order valence-corrected chi connectivity index (χ2v) is 6.66. The quantitative estimate of drug-likeness (QED) is 0.897. The Bertz CT molecular complexity index is 824. The molecule has 2 aromatic rings. The lowest BCUT2D eigenvalue weighted by Crippen LogP contribution is -2.32. The van der Waals surface area contributed by atoms with Gasteiger partial charge in [-0.3, -0.25) is 9.59 Å². The van der Waals surface area contributed by atoms with E-state index in [-0.39, 0.29) is 25.0 Å². The summed E-state index contributed by atoms with van der Waals surface area (Å²) in [5, 5.41) is 5.18. The number of fused-ring (bicyclic) bond motifs is 2. The molecule has 0 bridgehead atoms. The second kappa shape index (κ2) is 6.09. The summed E-state index contributed by atoms with van der Waals surface area (Å²) in [5.74, 6) is 0.888. The minimum atomic E-state index is -0.450. The Kier molecular flexibility index (Phi) is 3.78. The summed E-state index contributed by atoms with van der Waals surface area (Å²) in [7, 11) is 0. The summed E-state index contributed by atoms with van der Waals surface area (Å²) < 4.78 is 10.5. The minimum Gasteiger partial charge on any atom is -0.454 e. The average Bonchev–Trinajstić information content (AvgIpc) is 3.03. The Morgan fingerprint density at radius 2 is 2.04 bits per heavy atom. The zero-order chi connectivity index (χ0) is 16.5. The van der Waals surface area contributed by atoms with Crippen LogP contribution in [0.4, 0.5) is 11.4 Å². The van der Waals surface area contributed by atoms with Crippen LogP contribution in [0.1, 0.15) is 6.42 Å². The molecule has 7 heteroatoms. The number of thioether (sulfide) groups is 1. The van der Waals surface area contributed by atoms with E-state index in [9.17, 15) is 9.59 Å². The van der Waals surface area contributed by atoms with Crippen LogP contribution in [0.5, 0.6) is 11.5 Å². The Morgan fingerprint density at radius 1 is 1.21 bits per heavy atom. The lowest BCUT2D eigenvalue weighted by Gasteiger charge is -2.23. The number of amides is 2. The molecule has 2 heterocycles. The van der Waals surface area contributed by atoms with E-state index in [1.807, 2.05) is 24.3 Å². The van der Waals surface area contributed by atoms with E-state index < -0.39 is 5.25 Å². The molecule has 2 aromatic carbocycles. The van der Waals surface area contributed by atoms with E-state index in [1.54, 1.807) is 18.2 Å². The molecule has 0 radical (unpaired) electrons. The number of carbonyl (C=O) groups is 2. The number of hydrogen-bond acceptors (Lipinski definition) is 5. The largest absolute Gasteiger partial charge is 0.454 e. The Balaban J connectivity index is 1.42. The van der Waals surface area contributed by atoms with Crippen LogP contribution in [-0.2, 0) is 9.59 Å². The fraction of sp³-hybridized carbons (Fsp3) is 0.176. The molecule has 0 saturated heterocycles. The van der Waals surface area contributed by atoms with Gasteiger partial charge in [0.1, 0.15) is 0 Å². The number of ether oxygens (including phenoxy) is 2. The Morgan fingerprint density at radius 3 is 2.96 bits per heavy atom. The fourth-order valence-corrected chi connectivity index (χ4v) is 3.69. The van der Waals surface area contributed by atoms with Crippen molar-refractivity contribution in [2.75, 3.05) is 17.4 Å². The van der Waals surface area contributed by atoms with E-state index in [0.717, 1.165) is 10.6 Å². The summed E-state index contributed by atoms with van der Waals surface area (Å²) in [4.78, 5) is 25.4. The van der Waals surface area contributed by atoms with Crippen molar-refractivity contribution in [2.24, 2.45) is 0 Å². The third kappa shape index (κ3) is 2.90. The van der Waals surface area contributed by atoms with Crippen molar-refractivity contribution in [3.05, 3.63) is 42.5 Å². The summed E-state index contributed by atoms with van der Waals surface area (Å²) in [6.45, 7) is 0.186. The van der Waals surface area contributed by atoms with E-state index in [0.29, 0.717) is 17.2 Å². The molecular formula is C17H14N2O4S. The predicted molar refractivity (Wildman–Crippen MR) is 90.5 cm³/mol. The smallest absolute Gasteiger partial charge is 0.238 e. The summed E-state index contributed by atoms with van der Waals surface area (Å²) in [6, 6.07) is 12.8. The molecule has 2 aliphatic heterocycles. The van der Waals surface area contributed by atoms with E-state index in [2.05, 4.69) is 10.6 Å². The molecular weight excluding hydrogens is 328 g/mol. The highest BCUT2D eigenvalue weighted by molar-refractivity contribution is 8.01. The maximum absolute atomic E-state index is 12.3. The van der Waals surface area contributed by atoms with Crippen molar-refractivity contribution in [2.45, 2.75) is 16.6 Å². The molecule has 1 atom stereocenters. The highest BCUT2D eigenvalue weighted by atomic mass is 32.2. The summed E-state index contributed by atoms with van der Waals surface area (Å²) in [5.41, 5.74) is 1.41. The SMILES string of the molecule is O=C(CC1Sc2ccccc2NC1=O)Nc1ccc2c(c1)OCO2. The predicted octanol–water partition coefficient (Wildman–Crippen LogP) is 2.86. The lowest BCUT2D eigenvalue weighted by molar-refractivity contribution is -0.120. The van der Waals surface area contributed by atoms with Gasteiger partial charge in [0, 0.05) is 23.1 Å². The Labute approximate surface area is 142 Å². The first-order valence-corrected chi connectivity index (χ1v) is 8.33. The van der Waals surface area contributed by atoms with Crippen molar-refractivity contribution >= 4 is 35.0 Å². The molecule has 2 amide bonds. The number of carbonyl (C=O) groups excluding carboxylic acids is 2. The topological polar surface area (TPSA) is 76.7 Å². The highest BCUT2D eigenvalue weighted by Gasteiger charge is 2.28. The van der Waals surface area contributed by atoms with Gasteiger partial charge in [-0.15, -0.1) is 11.8 Å². The molecule has 0 fully saturated rings. The standard InChI is InChI=1S/C17H14N2O4S/c20-16(18-10-5-6-12-13(7-10)23-9-22-12)8-15-17(21)19-11-3-1-2-4-14(11)24-15/h1-7,15H,8-9H2,(H,18,20)(H,19,21). The van der Waals surface area contributed by atoms with Gasteiger partial charge in [-0.05, 0) is 24.3 Å². The molecule has 2 N–H and O–H groups in total. The molecule has 6 nitrogen and oxygen atoms in total. The number of anilines is 2. The average molecular weight is 342 g/mol. The van der Waals surface area contributed by atoms with Crippen LogP contribution in [0, 0.1) is 0 Å². The van der Waals surface area contributed by atoms with Crippen molar-refractivity contribution in [1.29, 1.82) is 0 Å². The summed E-state index contributed by atoms with van der Waals surface area (Å²) >= 11 is 1.41. The van der Waals surface area contributed by atoms with Gasteiger partial charge in [-0.2, -0.15) is 0 Å². The van der Waals surface area contributed by atoms with Gasteiger partial charge in [0.15, 0.2) is 11.5 Å². The van der Waals surface area contributed by atoms with Crippen LogP contribution in [0.3, 0.4) is 0 Å². The molecule has 0 saturated carbocycles. The maximum atomic E-state index is 12.3. The zero-order valence-corrected chi connectivity index (χ0v) is 13.4. The van der Waals surface area contributed by atoms with E-state index in [1.165, 1.54) is 11.8 Å². The molecule has 0 spiro atoms. The number of benzene rings is 2. The monoisotopic (exact) mass is 342 g/mol. The molecule has 0 aliphatic carbocycles. The van der Waals surface area contributed by atoms with E-state index >= 15 is 0 Å². The zero-order valence-electron chi connectivity index (χ0n) is 12.6. The normalized spacial score (nSPS) is 17.8. The van der Waals surface area contributed by atoms with Gasteiger partial charge in [-0.25, -0.2) is 0 Å². The van der Waals surface area contributed by atoms with Crippen molar-refractivity contribution < 1.29 is 19.1 Å². The van der Waals surface area contributed by atoms with Crippen LogP contribution in [0.25, 0.3) is 0 Å². The van der Waals surface area contributed by atoms with Gasteiger partial charge in [0.2, 0.25) is 18.6 Å². The van der Waals surface area contributed by atoms with Crippen molar-refractivity contribution in [3.8, 4) is 11.5 Å². The molecule has 4 rings (SSSR count). The van der Waals surface area contributed by atoms with Gasteiger partial charge in [0.25, 0.3) is 0 Å². The number of hydrogen-bond donors (Lipinski definition) is 2.